The molecule has 0 spiro atoms. The number of anilines is 1. The summed E-state index contributed by atoms with van der Waals surface area (Å²) in [5.74, 6) is 0.777. The first-order valence-electron chi connectivity index (χ1n) is 7.69. The van der Waals surface area contributed by atoms with Crippen LogP contribution in [0.25, 0.3) is 0 Å². The molecule has 2 aromatic carbocycles. The highest BCUT2D eigenvalue weighted by molar-refractivity contribution is 5.96. The number of hydrogen-bond acceptors (Lipinski definition) is 4. The van der Waals surface area contributed by atoms with Crippen LogP contribution in [0.5, 0.6) is 5.75 Å². The van der Waals surface area contributed by atoms with Gasteiger partial charge in [-0.3, -0.25) is 14.9 Å². The van der Waals surface area contributed by atoms with Crippen LogP contribution in [0.15, 0.2) is 42.5 Å². The highest BCUT2D eigenvalue weighted by atomic mass is 16.6. The van der Waals surface area contributed by atoms with Crippen LogP contribution in [0.2, 0.25) is 0 Å². The Morgan fingerprint density at radius 2 is 1.96 bits per heavy atom. The first-order chi connectivity index (χ1) is 11.5. The molecule has 0 radical (unpaired) electrons. The van der Waals surface area contributed by atoms with Crippen LogP contribution in [0.3, 0.4) is 0 Å². The molecule has 1 N–H and O–H groups in total. The second-order valence-electron chi connectivity index (χ2n) is 5.97. The first-order valence-corrected chi connectivity index (χ1v) is 7.69. The molecule has 6 heteroatoms. The Bertz CT molecular complexity index is 786. The summed E-state index contributed by atoms with van der Waals surface area (Å²) in [6.45, 7) is 1.81. The maximum Gasteiger partial charge on any atom is 0.271 e. The number of aryl methyl sites for hydroxylation is 1. The van der Waals surface area contributed by atoms with Crippen molar-refractivity contribution in [1.29, 1.82) is 0 Å². The monoisotopic (exact) mass is 326 g/mol. The SMILES string of the molecule is COc1ccc(C2CC2C(=O)Nc2cc([N+](=O)[O-])ccc2C)cc1. The predicted octanol–water partition coefficient (Wildman–Crippen LogP) is 3.65. The third-order valence-electron chi connectivity index (χ3n) is 4.36. The zero-order valence-corrected chi connectivity index (χ0v) is 13.5. The Morgan fingerprint density at radius 3 is 2.58 bits per heavy atom. The zero-order chi connectivity index (χ0) is 17.3. The van der Waals surface area contributed by atoms with Gasteiger partial charge in [-0.2, -0.15) is 0 Å². The number of rotatable bonds is 5. The topological polar surface area (TPSA) is 81.5 Å². The number of carbonyl (C=O) groups excluding carboxylic acids is 1. The number of non-ortho nitro benzene ring substituents is 1. The average molecular weight is 326 g/mol. The van der Waals surface area contributed by atoms with Crippen LogP contribution in [0.4, 0.5) is 11.4 Å². The standard InChI is InChI=1S/C18H18N2O4/c1-11-3-6-13(20(22)23)9-17(11)19-18(21)16-10-15(16)12-4-7-14(24-2)8-5-12/h3-9,15-16H,10H2,1-2H3,(H,19,21). The Hall–Kier alpha value is -2.89. The van der Waals surface area contributed by atoms with Crippen molar-refractivity contribution in [2.24, 2.45) is 5.92 Å². The minimum Gasteiger partial charge on any atom is -0.497 e. The second-order valence-corrected chi connectivity index (χ2v) is 5.97. The molecule has 1 saturated carbocycles. The van der Waals surface area contributed by atoms with Gasteiger partial charge in [0.2, 0.25) is 5.91 Å². The van der Waals surface area contributed by atoms with Crippen molar-refractivity contribution in [3.8, 4) is 5.75 Å². The molecular formula is C18H18N2O4. The molecule has 1 fully saturated rings. The summed E-state index contributed by atoms with van der Waals surface area (Å²) in [5.41, 5.74) is 2.37. The Labute approximate surface area is 139 Å². The van der Waals surface area contributed by atoms with Crippen LogP contribution in [-0.4, -0.2) is 17.9 Å². The largest absolute Gasteiger partial charge is 0.497 e. The van der Waals surface area contributed by atoms with Crippen molar-refractivity contribution in [3.63, 3.8) is 0 Å². The fourth-order valence-corrected chi connectivity index (χ4v) is 2.79. The van der Waals surface area contributed by atoms with E-state index in [-0.39, 0.29) is 23.4 Å². The highest BCUT2D eigenvalue weighted by Gasteiger charge is 2.44. The third kappa shape index (κ3) is 3.22. The number of ether oxygens (including phenoxy) is 1. The second kappa shape index (κ2) is 6.31. The summed E-state index contributed by atoms with van der Waals surface area (Å²) < 4.78 is 5.13. The lowest BCUT2D eigenvalue weighted by molar-refractivity contribution is -0.384. The summed E-state index contributed by atoms with van der Waals surface area (Å²) >= 11 is 0. The lowest BCUT2D eigenvalue weighted by Gasteiger charge is -2.08. The van der Waals surface area contributed by atoms with E-state index in [1.807, 2.05) is 31.2 Å². The van der Waals surface area contributed by atoms with Crippen LogP contribution >= 0.6 is 0 Å². The molecule has 0 heterocycles. The first kappa shape index (κ1) is 16.0. The van der Waals surface area contributed by atoms with Crippen molar-refractivity contribution in [3.05, 3.63) is 63.7 Å². The average Bonchev–Trinajstić information content (AvgIpc) is 3.37. The van der Waals surface area contributed by atoms with Crippen LogP contribution in [0, 0.1) is 23.0 Å². The van der Waals surface area contributed by atoms with Crippen molar-refractivity contribution in [2.75, 3.05) is 12.4 Å². The van der Waals surface area contributed by atoms with Gasteiger partial charge in [0.1, 0.15) is 5.75 Å². The van der Waals surface area contributed by atoms with E-state index in [9.17, 15) is 14.9 Å². The number of nitro benzene ring substituents is 1. The van der Waals surface area contributed by atoms with Crippen molar-refractivity contribution in [2.45, 2.75) is 19.3 Å². The molecule has 2 unspecified atom stereocenters. The molecule has 0 aliphatic heterocycles. The van der Waals surface area contributed by atoms with Crippen molar-refractivity contribution >= 4 is 17.3 Å². The number of methoxy groups -OCH3 is 1. The molecule has 2 atom stereocenters. The summed E-state index contributed by atoms with van der Waals surface area (Å²) in [6.07, 6.45) is 0.784. The summed E-state index contributed by atoms with van der Waals surface area (Å²) in [6, 6.07) is 12.2. The van der Waals surface area contributed by atoms with Crippen molar-refractivity contribution < 1.29 is 14.5 Å². The molecule has 1 aliphatic carbocycles. The van der Waals surface area contributed by atoms with E-state index in [0.29, 0.717) is 5.69 Å². The van der Waals surface area contributed by atoms with E-state index in [1.165, 1.54) is 12.1 Å². The minimum atomic E-state index is -0.466. The van der Waals surface area contributed by atoms with Crippen LogP contribution < -0.4 is 10.1 Å². The lowest BCUT2D eigenvalue weighted by atomic mass is 10.1. The van der Waals surface area contributed by atoms with Gasteiger partial charge in [-0.05, 0) is 42.5 Å². The number of nitrogens with one attached hydrogen (secondary N) is 1. The Kier molecular flexibility index (Phi) is 4.20. The quantitative estimate of drug-likeness (QED) is 0.671. The highest BCUT2D eigenvalue weighted by Crippen LogP contribution is 2.48. The molecule has 1 amide bonds. The van der Waals surface area contributed by atoms with Gasteiger partial charge < -0.3 is 10.1 Å². The normalized spacial score (nSPS) is 18.8. The van der Waals surface area contributed by atoms with Crippen LogP contribution in [-0.2, 0) is 4.79 Å². The number of nitro groups is 1. The molecule has 24 heavy (non-hydrogen) atoms. The number of hydrogen-bond donors (Lipinski definition) is 1. The minimum absolute atomic E-state index is 0.0293. The number of carbonyl (C=O) groups is 1. The molecule has 124 valence electrons. The lowest BCUT2D eigenvalue weighted by Crippen LogP contribution is -2.15. The summed E-state index contributed by atoms with van der Waals surface area (Å²) in [5, 5.41) is 13.7. The Balaban J connectivity index is 1.68. The molecule has 3 rings (SSSR count). The van der Waals surface area contributed by atoms with E-state index in [1.54, 1.807) is 13.2 Å². The predicted molar refractivity (Wildman–Crippen MR) is 90.3 cm³/mol. The van der Waals surface area contributed by atoms with Crippen molar-refractivity contribution in [1.82, 2.24) is 0 Å². The van der Waals surface area contributed by atoms with Gasteiger partial charge in [-0.25, -0.2) is 0 Å². The van der Waals surface area contributed by atoms with E-state index in [2.05, 4.69) is 5.32 Å². The molecule has 0 aromatic heterocycles. The van der Waals surface area contributed by atoms with E-state index in [4.69, 9.17) is 4.74 Å². The smallest absolute Gasteiger partial charge is 0.271 e. The maximum absolute atomic E-state index is 12.4. The number of benzene rings is 2. The molecule has 1 aliphatic rings. The van der Waals surface area contributed by atoms with Gasteiger partial charge in [0.25, 0.3) is 5.69 Å². The van der Waals surface area contributed by atoms with Gasteiger partial charge in [0.15, 0.2) is 0 Å². The third-order valence-corrected chi connectivity index (χ3v) is 4.36. The summed E-state index contributed by atoms with van der Waals surface area (Å²) in [4.78, 5) is 22.8. The van der Waals surface area contributed by atoms with E-state index < -0.39 is 4.92 Å². The van der Waals surface area contributed by atoms with E-state index in [0.717, 1.165) is 23.3 Å². The van der Waals surface area contributed by atoms with Gasteiger partial charge in [0, 0.05) is 18.1 Å². The molecular weight excluding hydrogens is 308 g/mol. The maximum atomic E-state index is 12.4. The molecule has 0 saturated heterocycles. The molecule has 2 aromatic rings. The molecule has 6 nitrogen and oxygen atoms in total. The fourth-order valence-electron chi connectivity index (χ4n) is 2.79. The van der Waals surface area contributed by atoms with E-state index >= 15 is 0 Å². The van der Waals surface area contributed by atoms with Crippen LogP contribution in [0.1, 0.15) is 23.5 Å². The number of amides is 1. The van der Waals surface area contributed by atoms with Gasteiger partial charge in [0.05, 0.1) is 17.7 Å². The number of nitrogens with zero attached hydrogens (tertiary/aromatic N) is 1. The van der Waals surface area contributed by atoms with Gasteiger partial charge in [-0.1, -0.05) is 18.2 Å². The zero-order valence-electron chi connectivity index (χ0n) is 13.5. The fraction of sp³-hybridized carbons (Fsp3) is 0.278. The molecule has 0 bridgehead atoms. The van der Waals surface area contributed by atoms with Gasteiger partial charge >= 0.3 is 0 Å². The Morgan fingerprint density at radius 1 is 1.25 bits per heavy atom. The van der Waals surface area contributed by atoms with Gasteiger partial charge in [-0.15, -0.1) is 0 Å². The summed E-state index contributed by atoms with van der Waals surface area (Å²) in [7, 11) is 1.61.